The van der Waals surface area contributed by atoms with Crippen molar-refractivity contribution in [2.45, 2.75) is 25.2 Å². The summed E-state index contributed by atoms with van der Waals surface area (Å²) in [4.78, 5) is 1.28. The van der Waals surface area contributed by atoms with Gasteiger partial charge in [0.05, 0.1) is 0 Å². The van der Waals surface area contributed by atoms with Gasteiger partial charge in [-0.15, -0.1) is 0 Å². The summed E-state index contributed by atoms with van der Waals surface area (Å²) in [6, 6.07) is 5.68. The van der Waals surface area contributed by atoms with Crippen LogP contribution in [-0.2, 0) is 23.2 Å². The molecule has 26 heavy (non-hydrogen) atoms. The molecule has 1 aromatic carbocycles. The number of rotatable bonds is 5. The van der Waals surface area contributed by atoms with Crippen molar-refractivity contribution in [1.82, 2.24) is 19.2 Å². The van der Waals surface area contributed by atoms with E-state index in [2.05, 4.69) is 10.0 Å². The zero-order valence-electron chi connectivity index (χ0n) is 14.3. The average molecular weight is 392 g/mol. The molecule has 0 amide bonds. The molecule has 2 aliphatic heterocycles. The van der Waals surface area contributed by atoms with Crippen LogP contribution < -0.4 is 10.0 Å². The number of nitrogens with one attached hydrogen (secondary N) is 2. The molecule has 0 aromatic heterocycles. The second-order valence-electron chi connectivity index (χ2n) is 6.55. The molecule has 146 valence electrons. The van der Waals surface area contributed by atoms with Gasteiger partial charge in [0.15, 0.2) is 0 Å². The molecule has 3 rings (SSSR count). The Hall–Kier alpha value is -1.20. The highest BCUT2D eigenvalue weighted by molar-refractivity contribution is 7.87. The molecule has 0 aliphatic carbocycles. The Bertz CT molecular complexity index is 720. The van der Waals surface area contributed by atoms with Gasteiger partial charge in [-0.25, -0.2) is 4.72 Å². The third-order valence-electron chi connectivity index (χ3n) is 4.86. The number of alkyl halides is 3. The van der Waals surface area contributed by atoms with Crippen LogP contribution in [0.5, 0.6) is 0 Å². The zero-order chi connectivity index (χ0) is 18.8. The van der Waals surface area contributed by atoms with Crippen LogP contribution in [0.3, 0.4) is 0 Å². The van der Waals surface area contributed by atoms with Crippen LogP contribution in [0.25, 0.3) is 0 Å². The normalized spacial score (nSPS) is 21.3. The first-order chi connectivity index (χ1) is 12.3. The maximum atomic E-state index is 13.4. The van der Waals surface area contributed by atoms with Crippen molar-refractivity contribution >= 4 is 10.2 Å². The largest absolute Gasteiger partial charge is 0.405 e. The summed E-state index contributed by atoms with van der Waals surface area (Å²) in [5.74, 6) is 0. The SMILES string of the molecule is O=S(=O)(NCC(N1CCNCC1)C(F)(F)F)N1CCc2ccccc2C1. The van der Waals surface area contributed by atoms with Gasteiger partial charge in [-0.3, -0.25) is 4.90 Å². The highest BCUT2D eigenvalue weighted by atomic mass is 32.2. The van der Waals surface area contributed by atoms with E-state index in [-0.39, 0.29) is 26.2 Å². The molecule has 1 atom stereocenters. The summed E-state index contributed by atoms with van der Waals surface area (Å²) >= 11 is 0. The summed E-state index contributed by atoms with van der Waals surface area (Å²) < 4.78 is 68.7. The van der Waals surface area contributed by atoms with Crippen molar-refractivity contribution in [2.75, 3.05) is 39.3 Å². The molecule has 1 saturated heterocycles. The number of fused-ring (bicyclic) bond motifs is 1. The first-order valence-corrected chi connectivity index (χ1v) is 10.0. The Labute approximate surface area is 151 Å². The molecule has 2 N–H and O–H groups in total. The molecule has 6 nitrogen and oxygen atoms in total. The van der Waals surface area contributed by atoms with Gasteiger partial charge in [0.25, 0.3) is 10.2 Å². The maximum absolute atomic E-state index is 13.4. The summed E-state index contributed by atoms with van der Waals surface area (Å²) in [7, 11) is -3.98. The summed E-state index contributed by atoms with van der Waals surface area (Å²) in [5, 5.41) is 3.00. The van der Waals surface area contributed by atoms with Crippen LogP contribution >= 0.6 is 0 Å². The fourth-order valence-corrected chi connectivity index (χ4v) is 4.59. The van der Waals surface area contributed by atoms with E-state index in [0.717, 1.165) is 11.1 Å². The van der Waals surface area contributed by atoms with E-state index < -0.39 is 29.0 Å². The van der Waals surface area contributed by atoms with Crippen LogP contribution in [-0.4, -0.2) is 69.1 Å². The number of hydrogen-bond donors (Lipinski definition) is 2. The molecular formula is C16H23F3N4O2S. The standard InChI is InChI=1S/C16H23F3N4O2S/c17-16(18,19)15(22-9-6-20-7-10-22)11-21-26(24,25)23-8-5-13-3-1-2-4-14(13)12-23/h1-4,15,20-21H,5-12H2. The minimum atomic E-state index is -4.49. The molecule has 0 bridgehead atoms. The fraction of sp³-hybridized carbons (Fsp3) is 0.625. The molecule has 1 aromatic rings. The predicted octanol–water partition coefficient (Wildman–Crippen LogP) is 0.715. The van der Waals surface area contributed by atoms with E-state index >= 15 is 0 Å². The number of hydrogen-bond acceptors (Lipinski definition) is 4. The highest BCUT2D eigenvalue weighted by Crippen LogP contribution is 2.25. The minimum absolute atomic E-state index is 0.176. The quantitative estimate of drug-likeness (QED) is 0.775. The van der Waals surface area contributed by atoms with E-state index in [9.17, 15) is 21.6 Å². The molecule has 0 spiro atoms. The van der Waals surface area contributed by atoms with Crippen LogP contribution in [0.1, 0.15) is 11.1 Å². The van der Waals surface area contributed by atoms with Crippen LogP contribution in [0.15, 0.2) is 24.3 Å². The van der Waals surface area contributed by atoms with Gasteiger partial charge in [0.1, 0.15) is 6.04 Å². The molecule has 10 heteroatoms. The maximum Gasteiger partial charge on any atom is 0.405 e. The van der Waals surface area contributed by atoms with Crippen molar-refractivity contribution < 1.29 is 21.6 Å². The van der Waals surface area contributed by atoms with E-state index in [0.29, 0.717) is 19.5 Å². The lowest BCUT2D eigenvalue weighted by molar-refractivity contribution is -0.182. The van der Waals surface area contributed by atoms with Gasteiger partial charge in [-0.2, -0.15) is 25.9 Å². The molecule has 1 fully saturated rings. The molecule has 2 heterocycles. The monoisotopic (exact) mass is 392 g/mol. The molecular weight excluding hydrogens is 369 g/mol. The van der Waals surface area contributed by atoms with E-state index in [1.807, 2.05) is 24.3 Å². The van der Waals surface area contributed by atoms with Crippen molar-refractivity contribution in [3.05, 3.63) is 35.4 Å². The second kappa shape index (κ2) is 7.81. The Morgan fingerprint density at radius 3 is 2.42 bits per heavy atom. The summed E-state index contributed by atoms with van der Waals surface area (Å²) in [6.45, 7) is 1.16. The molecule has 2 aliphatic rings. The summed E-state index contributed by atoms with van der Waals surface area (Å²) in [6.07, 6.45) is -3.94. The van der Waals surface area contributed by atoms with Crippen molar-refractivity contribution in [1.29, 1.82) is 0 Å². The fourth-order valence-electron chi connectivity index (χ4n) is 3.40. The van der Waals surface area contributed by atoms with Gasteiger partial charge in [0.2, 0.25) is 0 Å². The average Bonchev–Trinajstić information content (AvgIpc) is 2.61. The van der Waals surface area contributed by atoms with Gasteiger partial charge in [0, 0.05) is 45.8 Å². The minimum Gasteiger partial charge on any atom is -0.314 e. The van der Waals surface area contributed by atoms with E-state index in [4.69, 9.17) is 0 Å². The lowest BCUT2D eigenvalue weighted by Gasteiger charge is -2.36. The Morgan fingerprint density at radius 1 is 1.12 bits per heavy atom. The number of piperazine rings is 1. The number of nitrogens with zero attached hydrogens (tertiary/aromatic N) is 2. The van der Waals surface area contributed by atoms with Crippen LogP contribution in [0.4, 0.5) is 13.2 Å². The first-order valence-electron chi connectivity index (χ1n) is 8.60. The smallest absolute Gasteiger partial charge is 0.314 e. The van der Waals surface area contributed by atoms with Gasteiger partial charge >= 0.3 is 6.18 Å². The lowest BCUT2D eigenvalue weighted by Crippen LogP contribution is -2.58. The molecule has 1 unspecified atom stereocenters. The zero-order valence-corrected chi connectivity index (χ0v) is 15.1. The van der Waals surface area contributed by atoms with E-state index in [1.165, 1.54) is 9.21 Å². The highest BCUT2D eigenvalue weighted by Gasteiger charge is 2.44. The van der Waals surface area contributed by atoms with Crippen LogP contribution in [0, 0.1) is 0 Å². The van der Waals surface area contributed by atoms with Crippen molar-refractivity contribution in [2.24, 2.45) is 0 Å². The second-order valence-corrected chi connectivity index (χ2v) is 8.30. The Kier molecular flexibility index (Phi) is 5.88. The Morgan fingerprint density at radius 2 is 1.77 bits per heavy atom. The molecule has 0 saturated carbocycles. The van der Waals surface area contributed by atoms with Gasteiger partial charge < -0.3 is 5.32 Å². The van der Waals surface area contributed by atoms with Gasteiger partial charge in [-0.1, -0.05) is 24.3 Å². The third-order valence-corrected chi connectivity index (χ3v) is 6.39. The van der Waals surface area contributed by atoms with Crippen molar-refractivity contribution in [3.63, 3.8) is 0 Å². The lowest BCUT2D eigenvalue weighted by atomic mass is 10.0. The third kappa shape index (κ3) is 4.55. The Balaban J connectivity index is 1.66. The number of benzene rings is 1. The number of halogens is 3. The van der Waals surface area contributed by atoms with Crippen molar-refractivity contribution in [3.8, 4) is 0 Å². The van der Waals surface area contributed by atoms with Crippen LogP contribution in [0.2, 0.25) is 0 Å². The topological polar surface area (TPSA) is 64.7 Å². The van der Waals surface area contributed by atoms with E-state index in [1.54, 1.807) is 0 Å². The summed E-state index contributed by atoms with van der Waals surface area (Å²) in [5.41, 5.74) is 1.96. The van der Waals surface area contributed by atoms with Gasteiger partial charge in [-0.05, 0) is 17.5 Å². The molecule has 0 radical (unpaired) electrons. The predicted molar refractivity (Wildman–Crippen MR) is 91.8 cm³/mol. The first kappa shape index (κ1) is 19.6.